The average Bonchev–Trinajstić information content (AvgIpc) is 2.15. The summed E-state index contributed by atoms with van der Waals surface area (Å²) in [5.74, 6) is 0. The third-order valence-corrected chi connectivity index (χ3v) is 2.57. The van der Waals surface area contributed by atoms with Gasteiger partial charge in [0.15, 0.2) is 0 Å². The third-order valence-electron chi connectivity index (χ3n) is 1.71. The quantitative estimate of drug-likeness (QED) is 0.521. The van der Waals surface area contributed by atoms with E-state index in [0.29, 0.717) is 0 Å². The van der Waals surface area contributed by atoms with Gasteiger partial charge in [-0.1, -0.05) is 12.1 Å². The van der Waals surface area contributed by atoms with Gasteiger partial charge in [-0.2, -0.15) is 0 Å². The first-order valence-corrected chi connectivity index (χ1v) is 5.40. The number of halogens is 3. The molecule has 7 heteroatoms. The van der Waals surface area contributed by atoms with Gasteiger partial charge in [-0.3, -0.25) is 10.1 Å². The molecule has 0 aliphatic heterocycles. The molecule has 1 rings (SSSR count). The van der Waals surface area contributed by atoms with Crippen LogP contribution in [0.15, 0.2) is 24.3 Å². The van der Waals surface area contributed by atoms with Gasteiger partial charge in [-0.15, -0.1) is 0 Å². The minimum atomic E-state index is -2.20. The summed E-state index contributed by atoms with van der Waals surface area (Å²) in [5, 5.41) is 19.9. The Hall–Kier alpha value is -0.530. The standard InChI is InChI=1S/C8H6Br2FNO3/c9-8(10,11)7(13)5-2-1-3-6(4-5)12(14)15/h1-4,7,13H. The van der Waals surface area contributed by atoms with Crippen molar-refractivity contribution in [1.29, 1.82) is 0 Å². The first-order chi connectivity index (χ1) is 6.82. The van der Waals surface area contributed by atoms with Gasteiger partial charge in [0.25, 0.3) is 5.69 Å². The summed E-state index contributed by atoms with van der Waals surface area (Å²) in [4.78, 5) is 9.82. The highest BCUT2D eigenvalue weighted by Crippen LogP contribution is 2.41. The van der Waals surface area contributed by atoms with Crippen LogP contribution in [-0.2, 0) is 0 Å². The highest BCUT2D eigenvalue weighted by Gasteiger charge is 2.33. The summed E-state index contributed by atoms with van der Waals surface area (Å²) >= 11 is 5.14. The largest absolute Gasteiger partial charge is 0.383 e. The number of nitro benzene ring substituents is 1. The molecule has 1 N–H and O–H groups in total. The molecule has 0 aliphatic rings. The van der Waals surface area contributed by atoms with Crippen LogP contribution in [0.5, 0.6) is 0 Å². The summed E-state index contributed by atoms with van der Waals surface area (Å²) in [6, 6.07) is 5.15. The molecule has 0 saturated heterocycles. The fourth-order valence-electron chi connectivity index (χ4n) is 0.997. The molecule has 0 aliphatic carbocycles. The number of nitro groups is 1. The molecule has 1 unspecified atom stereocenters. The Labute approximate surface area is 102 Å². The smallest absolute Gasteiger partial charge is 0.269 e. The van der Waals surface area contributed by atoms with E-state index in [4.69, 9.17) is 0 Å². The van der Waals surface area contributed by atoms with E-state index in [2.05, 4.69) is 31.9 Å². The van der Waals surface area contributed by atoms with Gasteiger partial charge in [0, 0.05) is 12.1 Å². The van der Waals surface area contributed by atoms with Gasteiger partial charge in [0.05, 0.1) is 4.92 Å². The Kier molecular flexibility index (Phi) is 3.80. The molecule has 1 aromatic rings. The van der Waals surface area contributed by atoms with Crippen molar-refractivity contribution in [1.82, 2.24) is 0 Å². The summed E-state index contributed by atoms with van der Waals surface area (Å²) < 4.78 is 11.0. The van der Waals surface area contributed by atoms with Crippen molar-refractivity contribution < 1.29 is 14.4 Å². The molecule has 0 spiro atoms. The van der Waals surface area contributed by atoms with Gasteiger partial charge in [-0.25, -0.2) is 4.39 Å². The summed E-state index contributed by atoms with van der Waals surface area (Å²) in [5.41, 5.74) is -0.0868. The summed E-state index contributed by atoms with van der Waals surface area (Å²) in [6.07, 6.45) is -1.53. The molecule has 0 aromatic heterocycles. The molecule has 0 bridgehead atoms. The van der Waals surface area contributed by atoms with Crippen molar-refractivity contribution in [2.24, 2.45) is 0 Å². The van der Waals surface area contributed by atoms with Crippen LogP contribution in [0.1, 0.15) is 11.7 Å². The first kappa shape index (κ1) is 12.5. The lowest BCUT2D eigenvalue weighted by molar-refractivity contribution is -0.385. The zero-order chi connectivity index (χ0) is 11.6. The van der Waals surface area contributed by atoms with Gasteiger partial charge in [-0.05, 0) is 37.4 Å². The topological polar surface area (TPSA) is 63.4 Å². The zero-order valence-corrected chi connectivity index (χ0v) is 10.4. The van der Waals surface area contributed by atoms with Crippen LogP contribution in [0.25, 0.3) is 0 Å². The van der Waals surface area contributed by atoms with Crippen LogP contribution in [0.3, 0.4) is 0 Å². The van der Waals surface area contributed by atoms with Crippen LogP contribution in [0.4, 0.5) is 10.1 Å². The number of aliphatic hydroxyl groups excluding tert-OH is 1. The molecule has 0 heterocycles. The number of nitrogens with zero attached hydrogens (tertiary/aromatic N) is 1. The lowest BCUT2D eigenvalue weighted by atomic mass is 10.1. The van der Waals surface area contributed by atoms with E-state index in [-0.39, 0.29) is 11.3 Å². The van der Waals surface area contributed by atoms with E-state index < -0.39 is 14.5 Å². The van der Waals surface area contributed by atoms with Gasteiger partial charge in [0.1, 0.15) is 6.10 Å². The van der Waals surface area contributed by atoms with E-state index in [0.717, 1.165) is 6.07 Å². The van der Waals surface area contributed by atoms with Crippen LogP contribution >= 0.6 is 31.9 Å². The van der Waals surface area contributed by atoms with E-state index in [1.807, 2.05) is 0 Å². The minimum Gasteiger partial charge on any atom is -0.383 e. The van der Waals surface area contributed by atoms with Crippen molar-refractivity contribution in [3.8, 4) is 0 Å². The molecule has 82 valence electrons. The van der Waals surface area contributed by atoms with E-state index in [9.17, 15) is 19.6 Å². The molecule has 0 fully saturated rings. The summed E-state index contributed by atoms with van der Waals surface area (Å²) in [7, 11) is 0. The number of alkyl halides is 3. The number of benzene rings is 1. The molecule has 0 amide bonds. The number of non-ortho nitro benzene ring substituents is 1. The normalized spacial score (nSPS) is 13.6. The first-order valence-electron chi connectivity index (χ1n) is 3.81. The third kappa shape index (κ3) is 3.22. The fourth-order valence-corrected chi connectivity index (χ4v) is 1.53. The lowest BCUT2D eigenvalue weighted by Gasteiger charge is -2.18. The Bertz CT molecular complexity index is 380. The van der Waals surface area contributed by atoms with Gasteiger partial charge < -0.3 is 5.11 Å². The highest BCUT2D eigenvalue weighted by molar-refractivity contribution is 9.25. The maximum absolute atomic E-state index is 13.2. The van der Waals surface area contributed by atoms with Crippen molar-refractivity contribution in [3.63, 3.8) is 0 Å². The second-order valence-corrected chi connectivity index (χ2v) is 6.17. The molecular formula is C8H6Br2FNO3. The van der Waals surface area contributed by atoms with Crippen LogP contribution in [-0.4, -0.2) is 13.5 Å². The number of hydrogen-bond donors (Lipinski definition) is 1. The fraction of sp³-hybridized carbons (Fsp3) is 0.250. The zero-order valence-electron chi connectivity index (χ0n) is 7.23. The van der Waals surface area contributed by atoms with Crippen LogP contribution in [0.2, 0.25) is 0 Å². The van der Waals surface area contributed by atoms with Crippen molar-refractivity contribution in [2.45, 2.75) is 9.59 Å². The van der Waals surface area contributed by atoms with E-state index in [1.54, 1.807) is 0 Å². The van der Waals surface area contributed by atoms with Gasteiger partial charge >= 0.3 is 0 Å². The second-order valence-electron chi connectivity index (χ2n) is 2.80. The number of aliphatic hydroxyl groups is 1. The van der Waals surface area contributed by atoms with Crippen LogP contribution < -0.4 is 0 Å². The SMILES string of the molecule is O=[N+]([O-])c1cccc(C(O)C(F)(Br)Br)c1. The molecule has 0 saturated carbocycles. The Balaban J connectivity index is 3.06. The number of hydrogen-bond acceptors (Lipinski definition) is 3. The maximum atomic E-state index is 13.2. The molecular weight excluding hydrogens is 337 g/mol. The molecule has 1 atom stereocenters. The molecule has 4 nitrogen and oxygen atoms in total. The van der Waals surface area contributed by atoms with Crippen molar-refractivity contribution in [3.05, 3.63) is 39.9 Å². The van der Waals surface area contributed by atoms with Crippen molar-refractivity contribution >= 4 is 37.5 Å². The Morgan fingerprint density at radius 2 is 2.13 bits per heavy atom. The minimum absolute atomic E-state index is 0.112. The van der Waals surface area contributed by atoms with Gasteiger partial charge in [0.2, 0.25) is 3.49 Å². The molecule has 1 aromatic carbocycles. The van der Waals surface area contributed by atoms with E-state index in [1.165, 1.54) is 18.2 Å². The predicted octanol–water partition coefficient (Wildman–Crippen LogP) is 3.04. The maximum Gasteiger partial charge on any atom is 0.269 e. The Morgan fingerprint density at radius 1 is 1.53 bits per heavy atom. The predicted molar refractivity (Wildman–Crippen MR) is 59.7 cm³/mol. The number of rotatable bonds is 3. The molecule has 0 radical (unpaired) electrons. The van der Waals surface area contributed by atoms with E-state index >= 15 is 0 Å². The highest BCUT2D eigenvalue weighted by atomic mass is 79.9. The summed E-state index contributed by atoms with van der Waals surface area (Å²) in [6.45, 7) is 0. The molecule has 15 heavy (non-hydrogen) atoms. The monoisotopic (exact) mass is 341 g/mol. The van der Waals surface area contributed by atoms with Crippen LogP contribution in [0, 0.1) is 10.1 Å². The van der Waals surface area contributed by atoms with Crippen molar-refractivity contribution in [2.75, 3.05) is 0 Å². The average molecular weight is 343 g/mol. The Morgan fingerprint density at radius 3 is 2.60 bits per heavy atom. The lowest BCUT2D eigenvalue weighted by Crippen LogP contribution is -2.16. The second kappa shape index (κ2) is 4.54.